The monoisotopic (exact) mass is 215 g/mol. The quantitative estimate of drug-likeness (QED) is 0.618. The van der Waals surface area contributed by atoms with Crippen molar-refractivity contribution >= 4 is 5.69 Å². The summed E-state index contributed by atoms with van der Waals surface area (Å²) < 4.78 is 0. The number of hydrogen-bond acceptors (Lipinski definition) is 3. The van der Waals surface area contributed by atoms with Crippen LogP contribution >= 0.6 is 0 Å². The number of aromatic hydroxyl groups is 1. The van der Waals surface area contributed by atoms with Crippen LogP contribution in [0.4, 0.5) is 5.69 Å². The summed E-state index contributed by atoms with van der Waals surface area (Å²) in [5.74, 6) is 0.0387. The molecular weight excluding hydrogens is 206 g/mol. The Kier molecular flexibility index (Phi) is 2.55. The average molecular weight is 215 g/mol. The normalized spacial score (nSPS) is 10.0. The van der Waals surface area contributed by atoms with E-state index in [9.17, 15) is 15.2 Å². The van der Waals surface area contributed by atoms with Crippen molar-refractivity contribution in [3.63, 3.8) is 0 Å². The molecule has 2 aromatic rings. The van der Waals surface area contributed by atoms with Crippen molar-refractivity contribution in [3.8, 4) is 16.9 Å². The summed E-state index contributed by atoms with van der Waals surface area (Å²) in [5.41, 5.74) is 1.19. The Hall–Kier alpha value is -2.36. The van der Waals surface area contributed by atoms with Crippen molar-refractivity contribution in [1.82, 2.24) is 0 Å². The molecule has 0 aliphatic carbocycles. The van der Waals surface area contributed by atoms with E-state index in [1.54, 1.807) is 12.1 Å². The van der Waals surface area contributed by atoms with Crippen LogP contribution in [0.5, 0.6) is 5.75 Å². The van der Waals surface area contributed by atoms with Crippen LogP contribution in [0.2, 0.25) is 0 Å². The van der Waals surface area contributed by atoms with E-state index >= 15 is 0 Å². The minimum Gasteiger partial charge on any atom is -0.507 e. The first-order chi connectivity index (χ1) is 7.68. The smallest absolute Gasteiger partial charge is 0.270 e. The third-order valence-electron chi connectivity index (χ3n) is 2.28. The van der Waals surface area contributed by atoms with Gasteiger partial charge in [0.15, 0.2) is 0 Å². The molecule has 0 radical (unpaired) electrons. The second-order valence-electron chi connectivity index (χ2n) is 3.32. The first-order valence-electron chi connectivity index (χ1n) is 4.71. The molecule has 4 heteroatoms. The third kappa shape index (κ3) is 1.86. The molecule has 16 heavy (non-hydrogen) atoms. The number of nitro benzene ring substituents is 1. The van der Waals surface area contributed by atoms with Crippen molar-refractivity contribution < 1.29 is 10.0 Å². The van der Waals surface area contributed by atoms with Gasteiger partial charge >= 0.3 is 0 Å². The molecule has 0 aromatic heterocycles. The van der Waals surface area contributed by atoms with Gasteiger partial charge < -0.3 is 5.11 Å². The Morgan fingerprint density at radius 1 is 1.06 bits per heavy atom. The Morgan fingerprint density at radius 3 is 2.38 bits per heavy atom. The zero-order chi connectivity index (χ0) is 11.5. The number of nitrogens with zero attached hydrogens (tertiary/aromatic N) is 1. The minimum absolute atomic E-state index is 0.0309. The molecule has 0 bridgehead atoms. The van der Waals surface area contributed by atoms with E-state index in [-0.39, 0.29) is 11.4 Å². The maximum absolute atomic E-state index is 10.6. The number of benzene rings is 2. The summed E-state index contributed by atoms with van der Waals surface area (Å²) in [6.07, 6.45) is 0. The van der Waals surface area contributed by atoms with Gasteiger partial charge in [-0.2, -0.15) is 0 Å². The highest BCUT2D eigenvalue weighted by Gasteiger charge is 2.11. The van der Waals surface area contributed by atoms with Crippen molar-refractivity contribution in [3.05, 3.63) is 58.6 Å². The van der Waals surface area contributed by atoms with E-state index in [0.717, 1.165) is 5.56 Å². The number of non-ortho nitro benzene ring substituents is 1. The van der Waals surface area contributed by atoms with E-state index in [2.05, 4.69) is 0 Å². The highest BCUT2D eigenvalue weighted by molar-refractivity contribution is 5.72. The lowest BCUT2D eigenvalue weighted by Crippen LogP contribution is -1.88. The molecule has 0 aliphatic heterocycles. The number of nitro groups is 1. The number of phenols is 1. The van der Waals surface area contributed by atoms with Gasteiger partial charge in [0, 0.05) is 17.7 Å². The van der Waals surface area contributed by atoms with Crippen LogP contribution in [0.3, 0.4) is 0 Å². The van der Waals surface area contributed by atoms with Gasteiger partial charge in [0.1, 0.15) is 5.75 Å². The third-order valence-corrected chi connectivity index (χ3v) is 2.28. The van der Waals surface area contributed by atoms with Gasteiger partial charge in [0.05, 0.1) is 4.92 Å². The summed E-state index contributed by atoms with van der Waals surface area (Å²) in [6.45, 7) is 0. The second kappa shape index (κ2) is 4.02. The van der Waals surface area contributed by atoms with Crippen molar-refractivity contribution in [2.24, 2.45) is 0 Å². The molecule has 0 heterocycles. The molecule has 4 nitrogen and oxygen atoms in total. The number of phenolic OH excluding ortho intramolecular Hbond substituents is 1. The predicted molar refractivity (Wildman–Crippen MR) is 60.2 cm³/mol. The minimum atomic E-state index is -0.480. The zero-order valence-corrected chi connectivity index (χ0v) is 8.33. The molecule has 0 saturated carbocycles. The van der Waals surface area contributed by atoms with Gasteiger partial charge in [-0.3, -0.25) is 10.1 Å². The van der Waals surface area contributed by atoms with Crippen LogP contribution in [0, 0.1) is 10.1 Å². The molecule has 2 aromatic carbocycles. The van der Waals surface area contributed by atoms with Gasteiger partial charge in [-0.15, -0.1) is 0 Å². The molecule has 0 saturated heterocycles. The Bertz CT molecular complexity index is 523. The van der Waals surface area contributed by atoms with Crippen LogP contribution < -0.4 is 0 Å². The van der Waals surface area contributed by atoms with Crippen LogP contribution in [-0.2, 0) is 0 Å². The summed E-state index contributed by atoms with van der Waals surface area (Å²) in [7, 11) is 0. The Labute approximate surface area is 91.9 Å². The molecule has 0 amide bonds. The standard InChI is InChI=1S/C12H9NO3/c14-12-7-6-10(13(15)16)8-11(12)9-4-2-1-3-5-9/h1-8,14H. The highest BCUT2D eigenvalue weighted by atomic mass is 16.6. The molecule has 0 unspecified atom stereocenters. The topological polar surface area (TPSA) is 63.4 Å². The SMILES string of the molecule is O=[N+]([O-])c1ccc(O)c(-c2ccccc2)c1. The van der Waals surface area contributed by atoms with Gasteiger partial charge in [0.2, 0.25) is 0 Å². The molecule has 0 aliphatic rings. The maximum atomic E-state index is 10.6. The molecule has 1 N–H and O–H groups in total. The van der Waals surface area contributed by atoms with E-state index in [1.165, 1.54) is 18.2 Å². The van der Waals surface area contributed by atoms with Gasteiger partial charge in [-0.1, -0.05) is 30.3 Å². The largest absolute Gasteiger partial charge is 0.507 e. The summed E-state index contributed by atoms with van der Waals surface area (Å²) in [4.78, 5) is 10.1. The van der Waals surface area contributed by atoms with Crippen LogP contribution in [0.15, 0.2) is 48.5 Å². The molecule has 2 rings (SSSR count). The fourth-order valence-corrected chi connectivity index (χ4v) is 1.49. The zero-order valence-electron chi connectivity index (χ0n) is 8.33. The van der Waals surface area contributed by atoms with Crippen LogP contribution in [-0.4, -0.2) is 10.0 Å². The van der Waals surface area contributed by atoms with Crippen molar-refractivity contribution in [1.29, 1.82) is 0 Å². The second-order valence-corrected chi connectivity index (χ2v) is 3.32. The van der Waals surface area contributed by atoms with Crippen LogP contribution in [0.25, 0.3) is 11.1 Å². The Morgan fingerprint density at radius 2 is 1.75 bits per heavy atom. The van der Waals surface area contributed by atoms with E-state index < -0.39 is 4.92 Å². The predicted octanol–water partition coefficient (Wildman–Crippen LogP) is 2.97. The lowest BCUT2D eigenvalue weighted by molar-refractivity contribution is -0.384. The summed E-state index contributed by atoms with van der Waals surface area (Å²) in [6, 6.07) is 13.0. The van der Waals surface area contributed by atoms with E-state index in [4.69, 9.17) is 0 Å². The number of rotatable bonds is 2. The highest BCUT2D eigenvalue weighted by Crippen LogP contribution is 2.32. The summed E-state index contributed by atoms with van der Waals surface area (Å²) >= 11 is 0. The molecule has 80 valence electrons. The lowest BCUT2D eigenvalue weighted by atomic mass is 10.0. The van der Waals surface area contributed by atoms with Gasteiger partial charge in [0.25, 0.3) is 5.69 Å². The fourth-order valence-electron chi connectivity index (χ4n) is 1.49. The van der Waals surface area contributed by atoms with Crippen LogP contribution in [0.1, 0.15) is 0 Å². The molecule has 0 fully saturated rings. The first kappa shape index (κ1) is 10.2. The lowest BCUT2D eigenvalue weighted by Gasteiger charge is -2.03. The van der Waals surface area contributed by atoms with Crippen molar-refractivity contribution in [2.45, 2.75) is 0 Å². The van der Waals surface area contributed by atoms with Crippen molar-refractivity contribution in [2.75, 3.05) is 0 Å². The van der Waals surface area contributed by atoms with E-state index in [0.29, 0.717) is 5.56 Å². The molecule has 0 spiro atoms. The Balaban J connectivity index is 2.56. The summed E-state index contributed by atoms with van der Waals surface area (Å²) in [5, 5.41) is 20.3. The van der Waals surface area contributed by atoms with Gasteiger partial charge in [-0.25, -0.2) is 0 Å². The fraction of sp³-hybridized carbons (Fsp3) is 0. The van der Waals surface area contributed by atoms with E-state index in [1.807, 2.05) is 18.2 Å². The number of hydrogen-bond donors (Lipinski definition) is 1. The molecule has 0 atom stereocenters. The first-order valence-corrected chi connectivity index (χ1v) is 4.71. The maximum Gasteiger partial charge on any atom is 0.270 e. The molecular formula is C12H9NO3. The average Bonchev–Trinajstić information content (AvgIpc) is 2.30. The van der Waals surface area contributed by atoms with Gasteiger partial charge in [-0.05, 0) is 11.6 Å².